The first kappa shape index (κ1) is 13.5. The van der Waals surface area contributed by atoms with E-state index in [2.05, 4.69) is 20.8 Å². The van der Waals surface area contributed by atoms with Crippen molar-refractivity contribution < 1.29 is 9.47 Å². The summed E-state index contributed by atoms with van der Waals surface area (Å²) in [4.78, 5) is 4.70. The molecule has 0 aliphatic rings. The van der Waals surface area contributed by atoms with Crippen LogP contribution in [0.25, 0.3) is 10.9 Å². The van der Waals surface area contributed by atoms with E-state index in [-0.39, 0.29) is 5.41 Å². The normalized spacial score (nSPS) is 11.6. The molecule has 0 saturated heterocycles. The largest absolute Gasteiger partial charge is 0.496 e. The second kappa shape index (κ2) is 4.61. The van der Waals surface area contributed by atoms with Gasteiger partial charge >= 0.3 is 0 Å². The third-order valence-electron chi connectivity index (χ3n) is 3.12. The molecule has 4 heteroatoms. The summed E-state index contributed by atoms with van der Waals surface area (Å²) >= 11 is 0. The summed E-state index contributed by atoms with van der Waals surface area (Å²) in [5, 5.41) is 0.801. The van der Waals surface area contributed by atoms with Crippen LogP contribution in [0.3, 0.4) is 0 Å². The second-order valence-electron chi connectivity index (χ2n) is 5.54. The molecule has 0 saturated carbocycles. The Morgan fingerprint density at radius 3 is 2.16 bits per heavy atom. The number of anilines is 1. The summed E-state index contributed by atoms with van der Waals surface area (Å²) in [6, 6.07) is 5.60. The molecule has 0 atom stereocenters. The molecular formula is C15H20N2O2. The monoisotopic (exact) mass is 260 g/mol. The Morgan fingerprint density at radius 1 is 1.05 bits per heavy atom. The number of pyridine rings is 1. The molecular weight excluding hydrogens is 240 g/mol. The Balaban J connectivity index is 2.86. The Bertz CT molecular complexity index is 616. The van der Waals surface area contributed by atoms with E-state index in [0.29, 0.717) is 17.2 Å². The van der Waals surface area contributed by atoms with Gasteiger partial charge in [-0.1, -0.05) is 20.8 Å². The number of nitrogens with two attached hydrogens (primary N) is 1. The van der Waals surface area contributed by atoms with Crippen molar-refractivity contribution in [3.63, 3.8) is 0 Å². The average molecular weight is 260 g/mol. The highest BCUT2D eigenvalue weighted by Gasteiger charge is 2.20. The number of rotatable bonds is 2. The molecule has 0 aliphatic carbocycles. The van der Waals surface area contributed by atoms with Crippen LogP contribution in [-0.2, 0) is 5.41 Å². The third kappa shape index (κ3) is 2.30. The van der Waals surface area contributed by atoms with Gasteiger partial charge < -0.3 is 15.2 Å². The molecule has 0 bridgehead atoms. The van der Waals surface area contributed by atoms with Crippen molar-refractivity contribution in [2.24, 2.45) is 0 Å². The first-order chi connectivity index (χ1) is 8.88. The van der Waals surface area contributed by atoms with Crippen LogP contribution in [0.5, 0.6) is 11.5 Å². The number of nitrogen functional groups attached to an aromatic ring is 1. The lowest BCUT2D eigenvalue weighted by molar-refractivity contribution is 0.409. The minimum absolute atomic E-state index is 0.0730. The minimum Gasteiger partial charge on any atom is -0.496 e. The summed E-state index contributed by atoms with van der Waals surface area (Å²) in [7, 11) is 3.25. The molecule has 0 aliphatic heterocycles. The van der Waals surface area contributed by atoms with E-state index in [1.807, 2.05) is 18.2 Å². The van der Waals surface area contributed by atoms with Gasteiger partial charge in [0.15, 0.2) is 0 Å². The van der Waals surface area contributed by atoms with E-state index in [4.69, 9.17) is 20.2 Å². The highest BCUT2D eigenvalue weighted by atomic mass is 16.5. The fraction of sp³-hybridized carbons (Fsp3) is 0.400. The first-order valence-electron chi connectivity index (χ1n) is 6.20. The summed E-state index contributed by atoms with van der Waals surface area (Å²) in [6.45, 7) is 6.31. The van der Waals surface area contributed by atoms with Gasteiger partial charge in [0.2, 0.25) is 0 Å². The SMILES string of the molecule is COc1ccc(OC)c2c(N)cc(C(C)(C)C)nc12. The van der Waals surface area contributed by atoms with Crippen molar-refractivity contribution in [1.29, 1.82) is 0 Å². The number of ether oxygens (including phenoxy) is 2. The van der Waals surface area contributed by atoms with E-state index in [9.17, 15) is 0 Å². The lowest BCUT2D eigenvalue weighted by atomic mass is 9.90. The van der Waals surface area contributed by atoms with E-state index < -0.39 is 0 Å². The molecule has 1 aromatic heterocycles. The van der Waals surface area contributed by atoms with E-state index in [1.165, 1.54) is 0 Å². The maximum Gasteiger partial charge on any atom is 0.145 e. The first-order valence-corrected chi connectivity index (χ1v) is 6.20. The lowest BCUT2D eigenvalue weighted by Crippen LogP contribution is -2.14. The summed E-state index contributed by atoms with van der Waals surface area (Å²) in [6.07, 6.45) is 0. The minimum atomic E-state index is -0.0730. The predicted octanol–water partition coefficient (Wildman–Crippen LogP) is 3.13. The van der Waals surface area contributed by atoms with Crippen LogP contribution in [0.1, 0.15) is 26.5 Å². The molecule has 2 aromatic rings. The molecule has 1 heterocycles. The van der Waals surface area contributed by atoms with Crippen molar-refractivity contribution in [1.82, 2.24) is 4.98 Å². The lowest BCUT2D eigenvalue weighted by Gasteiger charge is -2.20. The summed E-state index contributed by atoms with van der Waals surface area (Å²) in [5.41, 5.74) is 8.44. The quantitative estimate of drug-likeness (QED) is 0.901. The van der Waals surface area contributed by atoms with Crippen LogP contribution in [0.2, 0.25) is 0 Å². The standard InChI is InChI=1S/C15H20N2O2/c1-15(2,3)12-8-9(16)13-10(18-4)6-7-11(19-5)14(13)17-12/h6-8H,1-5H3,(H2,16,17). The van der Waals surface area contributed by atoms with Gasteiger partial charge in [0.1, 0.15) is 17.0 Å². The van der Waals surface area contributed by atoms with Crippen LogP contribution in [0, 0.1) is 0 Å². The maximum atomic E-state index is 6.18. The van der Waals surface area contributed by atoms with E-state index in [1.54, 1.807) is 14.2 Å². The van der Waals surface area contributed by atoms with Gasteiger partial charge in [0.25, 0.3) is 0 Å². The van der Waals surface area contributed by atoms with Gasteiger partial charge in [-0.3, -0.25) is 0 Å². The number of hydrogen-bond acceptors (Lipinski definition) is 4. The number of nitrogens with zero attached hydrogens (tertiary/aromatic N) is 1. The molecule has 0 fully saturated rings. The molecule has 0 spiro atoms. The average Bonchev–Trinajstić information content (AvgIpc) is 2.36. The topological polar surface area (TPSA) is 57.4 Å². The number of benzene rings is 1. The van der Waals surface area contributed by atoms with Gasteiger partial charge in [0.05, 0.1) is 19.6 Å². The predicted molar refractivity (Wildman–Crippen MR) is 78.0 cm³/mol. The van der Waals surface area contributed by atoms with Gasteiger partial charge in [-0.15, -0.1) is 0 Å². The molecule has 2 rings (SSSR count). The smallest absolute Gasteiger partial charge is 0.145 e. The molecule has 0 amide bonds. The highest BCUT2D eigenvalue weighted by molar-refractivity contribution is 5.99. The Labute approximate surface area is 113 Å². The number of hydrogen-bond donors (Lipinski definition) is 1. The molecule has 1 aromatic carbocycles. The Morgan fingerprint density at radius 2 is 1.63 bits per heavy atom. The van der Waals surface area contributed by atoms with Crippen molar-refractivity contribution in [2.45, 2.75) is 26.2 Å². The summed E-state index contributed by atoms with van der Waals surface area (Å²) in [5.74, 6) is 1.41. The third-order valence-corrected chi connectivity index (χ3v) is 3.12. The Kier molecular flexibility index (Phi) is 3.27. The zero-order valence-electron chi connectivity index (χ0n) is 12.1. The Hall–Kier alpha value is -1.97. The fourth-order valence-electron chi connectivity index (χ4n) is 2.03. The van der Waals surface area contributed by atoms with Gasteiger partial charge in [-0.25, -0.2) is 4.98 Å². The summed E-state index contributed by atoms with van der Waals surface area (Å²) < 4.78 is 10.7. The fourth-order valence-corrected chi connectivity index (χ4v) is 2.03. The molecule has 0 radical (unpaired) electrons. The van der Waals surface area contributed by atoms with Crippen molar-refractivity contribution in [2.75, 3.05) is 20.0 Å². The van der Waals surface area contributed by atoms with E-state index in [0.717, 1.165) is 16.6 Å². The highest BCUT2D eigenvalue weighted by Crippen LogP contribution is 2.37. The zero-order valence-corrected chi connectivity index (χ0v) is 12.1. The maximum absolute atomic E-state index is 6.18. The molecule has 0 unspecified atom stereocenters. The van der Waals surface area contributed by atoms with Crippen molar-refractivity contribution in [3.05, 3.63) is 23.9 Å². The van der Waals surface area contributed by atoms with Crippen LogP contribution >= 0.6 is 0 Å². The van der Waals surface area contributed by atoms with Crippen molar-refractivity contribution >= 4 is 16.6 Å². The van der Waals surface area contributed by atoms with Gasteiger partial charge in [0, 0.05) is 16.8 Å². The molecule has 19 heavy (non-hydrogen) atoms. The van der Waals surface area contributed by atoms with Crippen LogP contribution in [0.15, 0.2) is 18.2 Å². The number of fused-ring (bicyclic) bond motifs is 1. The van der Waals surface area contributed by atoms with Crippen LogP contribution < -0.4 is 15.2 Å². The van der Waals surface area contributed by atoms with Crippen LogP contribution in [0.4, 0.5) is 5.69 Å². The van der Waals surface area contributed by atoms with E-state index >= 15 is 0 Å². The molecule has 2 N–H and O–H groups in total. The zero-order chi connectivity index (χ0) is 14.2. The van der Waals surface area contributed by atoms with Crippen LogP contribution in [-0.4, -0.2) is 19.2 Å². The van der Waals surface area contributed by atoms with Gasteiger partial charge in [-0.2, -0.15) is 0 Å². The van der Waals surface area contributed by atoms with Crippen molar-refractivity contribution in [3.8, 4) is 11.5 Å². The number of methoxy groups -OCH3 is 2. The van der Waals surface area contributed by atoms with Gasteiger partial charge in [-0.05, 0) is 18.2 Å². The molecule has 102 valence electrons. The second-order valence-corrected chi connectivity index (χ2v) is 5.54. The number of aromatic nitrogens is 1. The molecule has 4 nitrogen and oxygen atoms in total.